The van der Waals surface area contributed by atoms with Gasteiger partial charge in [0.05, 0.1) is 0 Å². The number of carbonyl (C=O) groups excluding carboxylic acids is 2. The van der Waals surface area contributed by atoms with Gasteiger partial charge in [0.25, 0.3) is 0 Å². The molecular formula is C17H31N3O2. The summed E-state index contributed by atoms with van der Waals surface area (Å²) in [5.74, 6) is 0.811. The second kappa shape index (κ2) is 7.95. The van der Waals surface area contributed by atoms with Gasteiger partial charge in [0.15, 0.2) is 0 Å². The van der Waals surface area contributed by atoms with Gasteiger partial charge in [0.1, 0.15) is 0 Å². The molecule has 2 aliphatic rings. The Morgan fingerprint density at radius 1 is 1.18 bits per heavy atom. The van der Waals surface area contributed by atoms with Gasteiger partial charge in [0.2, 0.25) is 11.8 Å². The number of carbonyl (C=O) groups is 2. The summed E-state index contributed by atoms with van der Waals surface area (Å²) in [7, 11) is 0. The predicted octanol–water partition coefficient (Wildman–Crippen LogP) is 1.66. The van der Waals surface area contributed by atoms with Crippen LogP contribution in [-0.2, 0) is 9.59 Å². The second-order valence-electron chi connectivity index (χ2n) is 7.20. The molecule has 0 spiro atoms. The van der Waals surface area contributed by atoms with Crippen LogP contribution in [0.1, 0.15) is 58.3 Å². The molecule has 2 rings (SSSR count). The van der Waals surface area contributed by atoms with Crippen molar-refractivity contribution in [3.05, 3.63) is 0 Å². The molecule has 1 aliphatic carbocycles. The van der Waals surface area contributed by atoms with Gasteiger partial charge in [-0.1, -0.05) is 19.3 Å². The number of piperidine rings is 1. The van der Waals surface area contributed by atoms with Crippen molar-refractivity contribution >= 4 is 11.8 Å². The standard InChI is InChI=1S/C17H31N3O2/c1-14(21)20-9-5-15(6-10-20)12-19-16(22)11-17(13-18)7-3-2-4-8-17/h15H,2-13,18H2,1H3,(H,19,22). The van der Waals surface area contributed by atoms with Crippen molar-refractivity contribution in [1.29, 1.82) is 0 Å². The maximum absolute atomic E-state index is 12.3. The molecule has 0 unspecified atom stereocenters. The zero-order valence-electron chi connectivity index (χ0n) is 13.9. The molecule has 126 valence electrons. The largest absolute Gasteiger partial charge is 0.356 e. The van der Waals surface area contributed by atoms with Crippen molar-refractivity contribution in [2.75, 3.05) is 26.2 Å². The molecule has 5 nitrogen and oxygen atoms in total. The van der Waals surface area contributed by atoms with Gasteiger partial charge in [-0.2, -0.15) is 0 Å². The highest BCUT2D eigenvalue weighted by Crippen LogP contribution is 2.38. The van der Waals surface area contributed by atoms with Gasteiger partial charge < -0.3 is 16.0 Å². The van der Waals surface area contributed by atoms with Gasteiger partial charge in [-0.15, -0.1) is 0 Å². The Bertz CT molecular complexity index is 383. The summed E-state index contributed by atoms with van der Waals surface area (Å²) in [6.07, 6.45) is 8.42. The van der Waals surface area contributed by atoms with E-state index in [-0.39, 0.29) is 17.2 Å². The Hall–Kier alpha value is -1.10. The monoisotopic (exact) mass is 309 g/mol. The fourth-order valence-electron chi connectivity index (χ4n) is 3.87. The first-order valence-electron chi connectivity index (χ1n) is 8.77. The van der Waals surface area contributed by atoms with Gasteiger partial charge in [-0.25, -0.2) is 0 Å². The van der Waals surface area contributed by atoms with E-state index in [2.05, 4.69) is 5.32 Å². The lowest BCUT2D eigenvalue weighted by Crippen LogP contribution is -2.42. The molecule has 5 heteroatoms. The maximum atomic E-state index is 12.3. The lowest BCUT2D eigenvalue weighted by molar-refractivity contribution is -0.130. The van der Waals surface area contributed by atoms with Crippen LogP contribution >= 0.6 is 0 Å². The van der Waals surface area contributed by atoms with E-state index in [1.54, 1.807) is 6.92 Å². The van der Waals surface area contributed by atoms with E-state index < -0.39 is 0 Å². The van der Waals surface area contributed by atoms with Gasteiger partial charge >= 0.3 is 0 Å². The van der Waals surface area contributed by atoms with Gasteiger partial charge in [-0.05, 0) is 43.6 Å². The highest BCUT2D eigenvalue weighted by Gasteiger charge is 2.33. The maximum Gasteiger partial charge on any atom is 0.220 e. The summed E-state index contributed by atoms with van der Waals surface area (Å²) in [5, 5.41) is 3.10. The summed E-state index contributed by atoms with van der Waals surface area (Å²) in [6, 6.07) is 0. The summed E-state index contributed by atoms with van der Waals surface area (Å²) in [5.41, 5.74) is 5.99. The zero-order chi connectivity index (χ0) is 16.0. The Morgan fingerprint density at radius 3 is 2.36 bits per heavy atom. The molecule has 1 heterocycles. The van der Waals surface area contributed by atoms with Crippen molar-refractivity contribution in [1.82, 2.24) is 10.2 Å². The molecule has 0 aromatic heterocycles. The number of nitrogens with two attached hydrogens (primary N) is 1. The number of likely N-dealkylation sites (tertiary alicyclic amines) is 1. The third kappa shape index (κ3) is 4.70. The highest BCUT2D eigenvalue weighted by atomic mass is 16.2. The molecule has 0 bridgehead atoms. The van der Waals surface area contributed by atoms with E-state index >= 15 is 0 Å². The summed E-state index contributed by atoms with van der Waals surface area (Å²) < 4.78 is 0. The topological polar surface area (TPSA) is 75.4 Å². The fourth-order valence-corrected chi connectivity index (χ4v) is 3.87. The molecule has 0 aromatic carbocycles. The number of rotatable bonds is 5. The fraction of sp³-hybridized carbons (Fsp3) is 0.882. The average Bonchev–Trinajstić information content (AvgIpc) is 2.54. The second-order valence-corrected chi connectivity index (χ2v) is 7.20. The third-order valence-electron chi connectivity index (χ3n) is 5.53. The Balaban J connectivity index is 1.70. The molecule has 1 saturated carbocycles. The first-order chi connectivity index (χ1) is 10.5. The predicted molar refractivity (Wildman–Crippen MR) is 87.2 cm³/mol. The lowest BCUT2D eigenvalue weighted by Gasteiger charge is -2.36. The van der Waals surface area contributed by atoms with Gasteiger partial charge in [0, 0.05) is 33.0 Å². The van der Waals surface area contributed by atoms with Crippen molar-refractivity contribution in [2.24, 2.45) is 17.1 Å². The number of nitrogens with one attached hydrogen (secondary N) is 1. The lowest BCUT2D eigenvalue weighted by atomic mass is 9.71. The zero-order valence-corrected chi connectivity index (χ0v) is 13.9. The minimum Gasteiger partial charge on any atom is -0.356 e. The smallest absolute Gasteiger partial charge is 0.220 e. The molecule has 0 radical (unpaired) electrons. The average molecular weight is 309 g/mol. The van der Waals surface area contributed by atoms with Crippen LogP contribution in [-0.4, -0.2) is 42.9 Å². The van der Waals surface area contributed by atoms with Crippen LogP contribution in [0.15, 0.2) is 0 Å². The van der Waals surface area contributed by atoms with Crippen LogP contribution < -0.4 is 11.1 Å². The van der Waals surface area contributed by atoms with E-state index in [4.69, 9.17) is 5.73 Å². The first kappa shape index (κ1) is 17.3. The SMILES string of the molecule is CC(=O)N1CCC(CNC(=O)CC2(CN)CCCCC2)CC1. The van der Waals surface area contributed by atoms with Crippen molar-refractivity contribution in [2.45, 2.75) is 58.3 Å². The van der Waals surface area contributed by atoms with Crippen molar-refractivity contribution < 1.29 is 9.59 Å². The summed E-state index contributed by atoms with van der Waals surface area (Å²) in [4.78, 5) is 25.5. The molecule has 0 aromatic rings. The van der Waals surface area contributed by atoms with Crippen LogP contribution in [0, 0.1) is 11.3 Å². The normalized spacial score (nSPS) is 22.4. The number of nitrogens with zero attached hydrogens (tertiary/aromatic N) is 1. The highest BCUT2D eigenvalue weighted by molar-refractivity contribution is 5.76. The molecule has 0 atom stereocenters. The van der Waals surface area contributed by atoms with Crippen LogP contribution in [0.4, 0.5) is 0 Å². The van der Waals surface area contributed by atoms with Crippen molar-refractivity contribution in [3.63, 3.8) is 0 Å². The Labute approximate surface area is 134 Å². The van der Waals surface area contributed by atoms with E-state index in [0.717, 1.165) is 45.3 Å². The molecule has 2 fully saturated rings. The minimum absolute atomic E-state index is 0.0420. The quantitative estimate of drug-likeness (QED) is 0.811. The molecule has 1 aliphatic heterocycles. The molecule has 3 N–H and O–H groups in total. The van der Waals surface area contributed by atoms with Crippen LogP contribution in [0.3, 0.4) is 0 Å². The van der Waals surface area contributed by atoms with Gasteiger partial charge in [-0.3, -0.25) is 9.59 Å². The molecular weight excluding hydrogens is 278 g/mol. The van der Waals surface area contributed by atoms with E-state index in [0.29, 0.717) is 18.9 Å². The van der Waals surface area contributed by atoms with E-state index in [1.165, 1.54) is 19.3 Å². The van der Waals surface area contributed by atoms with E-state index in [1.807, 2.05) is 4.90 Å². The Morgan fingerprint density at radius 2 is 1.82 bits per heavy atom. The van der Waals surface area contributed by atoms with Crippen LogP contribution in [0.25, 0.3) is 0 Å². The number of hydrogen-bond acceptors (Lipinski definition) is 3. The minimum atomic E-state index is 0.0420. The number of hydrogen-bond donors (Lipinski definition) is 2. The van der Waals surface area contributed by atoms with Crippen molar-refractivity contribution in [3.8, 4) is 0 Å². The number of amides is 2. The summed E-state index contributed by atoms with van der Waals surface area (Å²) >= 11 is 0. The third-order valence-corrected chi connectivity index (χ3v) is 5.53. The molecule has 2 amide bonds. The van der Waals surface area contributed by atoms with Crippen LogP contribution in [0.2, 0.25) is 0 Å². The Kier molecular flexibility index (Phi) is 6.24. The molecule has 1 saturated heterocycles. The molecule has 22 heavy (non-hydrogen) atoms. The first-order valence-corrected chi connectivity index (χ1v) is 8.77. The van der Waals surface area contributed by atoms with Crippen LogP contribution in [0.5, 0.6) is 0 Å². The van der Waals surface area contributed by atoms with E-state index in [9.17, 15) is 9.59 Å². The summed E-state index contributed by atoms with van der Waals surface area (Å²) in [6.45, 7) is 4.63.